The third-order valence-corrected chi connectivity index (χ3v) is 36.5. The Morgan fingerprint density at radius 3 is 0.657 bits per heavy atom. The summed E-state index contributed by atoms with van der Waals surface area (Å²) in [5, 5.41) is 0. The molecule has 12 saturated carbocycles. The van der Waals surface area contributed by atoms with Crippen molar-refractivity contribution in [3.05, 3.63) is 189 Å². The smallest absolute Gasteiger partial charge is 0.429 e. The topological polar surface area (TPSA) is 36.9 Å². The van der Waals surface area contributed by atoms with Gasteiger partial charge in [-0.15, -0.1) is 39.5 Å². The van der Waals surface area contributed by atoms with Crippen molar-refractivity contribution in [2.75, 3.05) is 0 Å². The van der Waals surface area contributed by atoms with Crippen LogP contribution in [0.4, 0.5) is 92.2 Å². The molecule has 143 heavy (non-hydrogen) atoms. The maximum absolute atomic E-state index is 13.9. The van der Waals surface area contributed by atoms with E-state index in [4.69, 9.17) is 0 Å². The van der Waals surface area contributed by atoms with E-state index in [-0.39, 0.29) is 29.4 Å². The largest absolute Gasteiger partial charge is 0.573 e. The second kappa shape index (κ2) is 53.0. The number of hydrogen-bond acceptors (Lipinski definition) is 4. The summed E-state index contributed by atoms with van der Waals surface area (Å²) in [5.74, 6) is 2.64. The van der Waals surface area contributed by atoms with Crippen LogP contribution in [0.25, 0.3) is 0 Å². The number of hydrogen-bond donors (Lipinski definition) is 0. The second-order valence-corrected chi connectivity index (χ2v) is 46.2. The number of ether oxygens (including phenoxy) is 4. The van der Waals surface area contributed by atoms with Crippen molar-refractivity contribution in [2.45, 2.75) is 411 Å². The summed E-state index contributed by atoms with van der Waals surface area (Å²) < 4.78 is 285. The number of halogens is 21. The molecule has 4 nitrogen and oxygen atoms in total. The molecule has 0 N–H and O–H groups in total. The van der Waals surface area contributed by atoms with Crippen LogP contribution in [0.5, 0.6) is 23.0 Å². The molecule has 798 valence electrons. The van der Waals surface area contributed by atoms with Gasteiger partial charge >= 0.3 is 25.7 Å². The van der Waals surface area contributed by atoms with Gasteiger partial charge in [0.1, 0.15) is 5.75 Å². The molecule has 12 fully saturated rings. The standard InChI is InChI=1S/C20H25F5O.2C20H26F4O.C20H27F3O.C19H25F3.C19H26F2/c1-12-2-4-13(5-3-12)14-6-8-15(9-7-14)16-10-17(21)19(18(22)11-16)26-20(23,24)25;1-12-2-4-13(5-3-12)14-6-8-15(9-7-14)16-10-17(21)19(18(22)11-16)25-20(23)24;1-13-2-4-14(5-3-13)15-6-8-16(9-7-15)17-10-11-19(18(21)12-17)25-20(22,23)24;1-14-2-4-15(5-3-14)16-6-8-17(9-7-16)18-10-12-19(13-11-18)24-20(21,22)23;1-12-2-4-13(5-3-12)14-6-8-15(9-7-14)16-10-17(20)19(22)18(21)11-16;1-13-2-4-14(5-3-13)15-6-8-16(9-7-15)17-10-11-18(20)19(21)12-17/h10-15H,2-9H2,1H3;10-15,20H,2-9H2,1H3;10-16H,2-9H2,1H3;10-17H,2-9H2,1H3;10-15H,2-9H2,1H3;10-16H,2-9H2,1H3. The van der Waals surface area contributed by atoms with Crippen molar-refractivity contribution >= 4 is 0 Å². The molecule has 0 atom stereocenters. The molecule has 18 rings (SSSR count). The van der Waals surface area contributed by atoms with E-state index in [0.717, 1.165) is 276 Å². The molecule has 0 heterocycles. The van der Waals surface area contributed by atoms with Crippen LogP contribution in [-0.4, -0.2) is 25.7 Å². The molecule has 25 heteroatoms. The van der Waals surface area contributed by atoms with E-state index >= 15 is 0 Å². The van der Waals surface area contributed by atoms with Gasteiger partial charge in [-0.2, -0.15) is 8.78 Å². The zero-order valence-electron chi connectivity index (χ0n) is 84.7. The minimum atomic E-state index is -5.11. The Bertz CT molecular complexity index is 4710. The van der Waals surface area contributed by atoms with Crippen LogP contribution in [0, 0.1) is 165 Å². The summed E-state index contributed by atoms with van der Waals surface area (Å²) in [6, 6.07) is 21.5. The van der Waals surface area contributed by atoms with E-state index in [9.17, 15) is 92.2 Å². The van der Waals surface area contributed by atoms with E-state index in [0.29, 0.717) is 34.4 Å². The molecule has 0 aromatic heterocycles. The first kappa shape index (κ1) is 113. The molecule has 0 radical (unpaired) electrons. The predicted octanol–water partition coefficient (Wildman–Crippen LogP) is 39.4. The number of benzene rings is 6. The first-order chi connectivity index (χ1) is 68.1. The number of rotatable bonds is 17. The average Bonchev–Trinajstić information content (AvgIpc) is 0.709. The summed E-state index contributed by atoms with van der Waals surface area (Å²) in [7, 11) is 0. The van der Waals surface area contributed by atoms with Crippen molar-refractivity contribution in [3.63, 3.8) is 0 Å². The Morgan fingerprint density at radius 2 is 0.413 bits per heavy atom. The molecule has 0 unspecified atom stereocenters. The monoisotopic (exact) mass is 2040 g/mol. The molecule has 6 aromatic rings. The van der Waals surface area contributed by atoms with E-state index in [2.05, 4.69) is 60.5 Å². The average molecular weight is 2040 g/mol. The van der Waals surface area contributed by atoms with Crippen LogP contribution in [0.2, 0.25) is 0 Å². The van der Waals surface area contributed by atoms with Gasteiger partial charge in [0.05, 0.1) is 0 Å². The molecule has 12 aliphatic rings. The summed E-state index contributed by atoms with van der Waals surface area (Å²) >= 11 is 0. The zero-order valence-corrected chi connectivity index (χ0v) is 84.7. The van der Waals surface area contributed by atoms with E-state index in [1.165, 1.54) is 222 Å². The highest BCUT2D eigenvalue weighted by molar-refractivity contribution is 5.37. The maximum Gasteiger partial charge on any atom is 0.573 e. The lowest BCUT2D eigenvalue weighted by Crippen LogP contribution is -2.25. The Morgan fingerprint density at radius 1 is 0.203 bits per heavy atom. The molecular formula is C118H155F21O4. The molecule has 12 aliphatic carbocycles. The van der Waals surface area contributed by atoms with Gasteiger partial charge in [0.2, 0.25) is 5.75 Å². The van der Waals surface area contributed by atoms with Crippen molar-refractivity contribution in [2.24, 2.45) is 107 Å². The van der Waals surface area contributed by atoms with Crippen LogP contribution < -0.4 is 18.9 Å². The molecule has 6 aromatic carbocycles. The van der Waals surface area contributed by atoms with Crippen LogP contribution >= 0.6 is 0 Å². The lowest BCUT2D eigenvalue weighted by atomic mass is 9.68. The Hall–Kier alpha value is -6.95. The van der Waals surface area contributed by atoms with Crippen LogP contribution in [0.3, 0.4) is 0 Å². The van der Waals surface area contributed by atoms with E-state index in [1.54, 1.807) is 24.3 Å². The second-order valence-electron chi connectivity index (χ2n) is 46.2. The molecule has 0 saturated heterocycles. The van der Waals surface area contributed by atoms with Gasteiger partial charge in [-0.1, -0.05) is 143 Å². The van der Waals surface area contributed by atoms with Crippen molar-refractivity contribution in [1.82, 2.24) is 0 Å². The summed E-state index contributed by atoms with van der Waals surface area (Å²) in [6.07, 6.45) is 43.5. The van der Waals surface area contributed by atoms with Gasteiger partial charge in [0.25, 0.3) is 0 Å². The summed E-state index contributed by atoms with van der Waals surface area (Å²) in [5.41, 5.74) is 4.57. The van der Waals surface area contributed by atoms with Gasteiger partial charge in [0.15, 0.2) is 69.7 Å². The molecule has 0 aliphatic heterocycles. The minimum Gasteiger partial charge on any atom is -0.429 e. The van der Waals surface area contributed by atoms with Gasteiger partial charge in [-0.05, 0) is 479 Å². The first-order valence-corrected chi connectivity index (χ1v) is 54.7. The minimum absolute atomic E-state index is 0.00213. The van der Waals surface area contributed by atoms with Gasteiger partial charge in [-0.25, -0.2) is 43.9 Å². The van der Waals surface area contributed by atoms with Crippen LogP contribution in [0.1, 0.15) is 419 Å². The zero-order chi connectivity index (χ0) is 103. The summed E-state index contributed by atoms with van der Waals surface area (Å²) in [4.78, 5) is 0. The lowest BCUT2D eigenvalue weighted by Gasteiger charge is -2.37. The fraction of sp³-hybridized carbons (Fsp3) is 0.695. The Balaban J connectivity index is 0.000000144. The molecule has 0 amide bonds. The van der Waals surface area contributed by atoms with Crippen LogP contribution in [0.15, 0.2) is 97.1 Å². The Kier molecular flexibility index (Phi) is 41.9. The first-order valence-electron chi connectivity index (χ1n) is 54.7. The van der Waals surface area contributed by atoms with Crippen LogP contribution in [-0.2, 0) is 0 Å². The highest BCUT2D eigenvalue weighted by Gasteiger charge is 2.42. The number of alkyl halides is 11. The molecule has 0 bridgehead atoms. The van der Waals surface area contributed by atoms with Crippen molar-refractivity contribution < 1.29 is 111 Å². The third-order valence-electron chi connectivity index (χ3n) is 36.5. The van der Waals surface area contributed by atoms with E-state index in [1.807, 2.05) is 0 Å². The highest BCUT2D eigenvalue weighted by Crippen LogP contribution is 2.53. The SMILES string of the molecule is CC1CCC(C2CCC(c3cc(F)c(F)c(F)c3)CC2)CC1.CC1CCC(C2CCC(c3cc(F)c(OC(F)(F)F)c(F)c3)CC2)CC1.CC1CCC(C2CCC(c3cc(F)c(OC(F)F)c(F)c3)CC2)CC1.CC1CCC(C2CCC(c3ccc(F)c(F)c3)CC2)CC1.CC1CCC(C2CCC(c3ccc(OC(F)(F)F)c(F)c3)CC2)CC1.CC1CCC(C2CCC(c3ccc(OC(F)(F)F)cc3)CC2)CC1. The fourth-order valence-corrected chi connectivity index (χ4v) is 27.6. The maximum atomic E-state index is 13.9. The summed E-state index contributed by atoms with van der Waals surface area (Å²) in [6.45, 7) is 10.8. The van der Waals surface area contributed by atoms with Crippen molar-refractivity contribution in [1.29, 1.82) is 0 Å². The van der Waals surface area contributed by atoms with Gasteiger partial charge in [-0.3, -0.25) is 0 Å². The normalized spacial score (nSPS) is 31.6. The lowest BCUT2D eigenvalue weighted by molar-refractivity contribution is -0.277. The quantitative estimate of drug-likeness (QED) is 0.0674. The van der Waals surface area contributed by atoms with E-state index < -0.39 is 101 Å². The molecule has 0 spiro atoms. The van der Waals surface area contributed by atoms with Gasteiger partial charge in [0, 0.05) is 0 Å². The predicted molar refractivity (Wildman–Crippen MR) is 520 cm³/mol. The van der Waals surface area contributed by atoms with Gasteiger partial charge < -0.3 is 18.9 Å². The fourth-order valence-electron chi connectivity index (χ4n) is 27.6. The Labute approximate surface area is 836 Å². The third kappa shape index (κ3) is 34.3. The van der Waals surface area contributed by atoms with Crippen molar-refractivity contribution in [3.8, 4) is 23.0 Å². The highest BCUT2D eigenvalue weighted by atomic mass is 19.4. The molecular weight excluding hydrogens is 1880 g/mol.